The first-order valence-corrected chi connectivity index (χ1v) is 11.2. The fourth-order valence-electron chi connectivity index (χ4n) is 2.62. The molecule has 0 heterocycles. The second kappa shape index (κ2) is 8.48. The number of phenols is 1. The van der Waals surface area contributed by atoms with E-state index in [1.807, 2.05) is 32.9 Å². The molecule has 5 nitrogen and oxygen atoms in total. The summed E-state index contributed by atoms with van der Waals surface area (Å²) in [5, 5.41) is 10.5. The van der Waals surface area contributed by atoms with E-state index in [0.29, 0.717) is 17.2 Å². The lowest BCUT2D eigenvalue weighted by atomic mass is 9.95. The smallest absolute Gasteiger partial charge is 0.362 e. The highest BCUT2D eigenvalue weighted by Crippen LogP contribution is 2.39. The number of hydrogen-bond acceptors (Lipinski definition) is 3. The maximum atomic E-state index is 11.0. The van der Waals surface area contributed by atoms with Crippen molar-refractivity contribution in [3.8, 4) is 11.5 Å². The van der Waals surface area contributed by atoms with Gasteiger partial charge in [-0.3, -0.25) is 4.57 Å². The molecule has 0 aliphatic rings. The van der Waals surface area contributed by atoms with Gasteiger partial charge in [0, 0.05) is 11.1 Å². The number of hydrogen-bond donors (Lipinski definition) is 3. The highest BCUT2D eigenvalue weighted by molar-refractivity contribution is 14.1. The predicted octanol–water partition coefficient (Wildman–Crippen LogP) is 5.19. The molecular weight excluding hydrogens is 490 g/mol. The number of phenolic OH excluding ortho intramolecular Hbond substituents is 1. The summed E-state index contributed by atoms with van der Waals surface area (Å²) in [4.78, 5) is 18.0. The number of rotatable bonds is 6. The first-order chi connectivity index (χ1) is 12.0. The van der Waals surface area contributed by atoms with Crippen molar-refractivity contribution < 1.29 is 24.2 Å². The van der Waals surface area contributed by atoms with Crippen molar-refractivity contribution in [1.82, 2.24) is 0 Å². The normalized spacial score (nSPS) is 11.8. The largest absolute Gasteiger partial charge is 0.508 e. The minimum absolute atomic E-state index is 0.204. The van der Waals surface area contributed by atoms with Crippen LogP contribution in [0.15, 0.2) is 24.3 Å². The Balaban J connectivity index is 2.35. The Hall–Kier alpha value is -0.790. The monoisotopic (exact) mass is 510 g/mol. The van der Waals surface area contributed by atoms with E-state index in [4.69, 9.17) is 26.1 Å². The predicted molar refractivity (Wildman–Crippen MR) is 111 cm³/mol. The van der Waals surface area contributed by atoms with Crippen LogP contribution in [0.1, 0.15) is 42.0 Å². The lowest BCUT2D eigenvalue weighted by Crippen LogP contribution is -2.03. The van der Waals surface area contributed by atoms with Gasteiger partial charge in [-0.2, -0.15) is 0 Å². The maximum Gasteiger partial charge on any atom is 0.362 e. The zero-order valence-corrected chi connectivity index (χ0v) is 18.5. The van der Waals surface area contributed by atoms with Crippen LogP contribution in [0, 0.1) is 10.5 Å². The zero-order chi connectivity index (χ0) is 19.6. The van der Waals surface area contributed by atoms with E-state index < -0.39 is 13.9 Å². The van der Waals surface area contributed by atoms with Gasteiger partial charge in [-0.25, -0.2) is 0 Å². The molecule has 0 radical (unpaired) electrons. The van der Waals surface area contributed by atoms with E-state index in [2.05, 4.69) is 22.6 Å². The van der Waals surface area contributed by atoms with Crippen LogP contribution in [0.3, 0.4) is 0 Å². The third-order valence-corrected chi connectivity index (χ3v) is 6.17. The summed E-state index contributed by atoms with van der Waals surface area (Å²) in [7, 11) is -4.26. The maximum absolute atomic E-state index is 11.0. The standard InChI is InChI=1S/C18H21ClIO5P/c1-10(2)13-6-12(4-5-16(13)21)7-14-11(3)18(20)17(8-15(14)19)25-9-26(22,23)24/h4-6,8,10,21H,7,9H2,1-3H3,(H2,22,23,24). The van der Waals surface area contributed by atoms with E-state index in [0.717, 1.165) is 25.8 Å². The van der Waals surface area contributed by atoms with Crippen LogP contribution in [-0.2, 0) is 11.0 Å². The molecule has 0 atom stereocenters. The van der Waals surface area contributed by atoms with Crippen molar-refractivity contribution in [2.75, 3.05) is 6.35 Å². The van der Waals surface area contributed by atoms with Gasteiger partial charge in [0.1, 0.15) is 11.5 Å². The summed E-state index contributed by atoms with van der Waals surface area (Å²) in [6, 6.07) is 7.12. The molecule has 0 bridgehead atoms. The molecule has 0 spiro atoms. The Kier molecular flexibility index (Phi) is 7.02. The molecule has 8 heteroatoms. The van der Waals surface area contributed by atoms with Crippen molar-refractivity contribution in [1.29, 1.82) is 0 Å². The van der Waals surface area contributed by atoms with Crippen molar-refractivity contribution in [3.63, 3.8) is 0 Å². The summed E-state index contributed by atoms with van der Waals surface area (Å²) in [5.41, 5.74) is 3.72. The SMILES string of the molecule is Cc1c(I)c(OCP(=O)(O)O)cc(Cl)c1Cc1ccc(O)c(C(C)C)c1. The van der Waals surface area contributed by atoms with Crippen molar-refractivity contribution >= 4 is 41.8 Å². The average molecular weight is 511 g/mol. The lowest BCUT2D eigenvalue weighted by molar-refractivity contribution is 0.299. The first kappa shape index (κ1) is 21.5. The van der Waals surface area contributed by atoms with Crippen LogP contribution in [0.2, 0.25) is 5.02 Å². The third kappa shape index (κ3) is 5.36. The molecule has 0 fully saturated rings. The Morgan fingerprint density at radius 3 is 2.50 bits per heavy atom. The molecule has 142 valence electrons. The van der Waals surface area contributed by atoms with Gasteiger partial charge >= 0.3 is 7.60 Å². The van der Waals surface area contributed by atoms with E-state index in [1.54, 1.807) is 12.1 Å². The summed E-state index contributed by atoms with van der Waals surface area (Å²) >= 11 is 8.50. The van der Waals surface area contributed by atoms with E-state index in [-0.39, 0.29) is 11.7 Å². The topological polar surface area (TPSA) is 87.0 Å². The first-order valence-electron chi connectivity index (χ1n) is 7.96. The fraction of sp³-hybridized carbons (Fsp3) is 0.333. The Bertz CT molecular complexity index is 863. The number of benzene rings is 2. The minimum atomic E-state index is -4.26. The van der Waals surface area contributed by atoms with Gasteiger partial charge < -0.3 is 19.6 Å². The molecule has 3 N–H and O–H groups in total. The van der Waals surface area contributed by atoms with Crippen LogP contribution in [-0.4, -0.2) is 21.2 Å². The molecule has 0 amide bonds. The van der Waals surface area contributed by atoms with Gasteiger partial charge in [-0.05, 0) is 70.2 Å². The lowest BCUT2D eigenvalue weighted by Gasteiger charge is -2.17. The quantitative estimate of drug-likeness (QED) is 0.368. The van der Waals surface area contributed by atoms with Crippen LogP contribution >= 0.6 is 41.8 Å². The molecule has 0 aliphatic heterocycles. The zero-order valence-electron chi connectivity index (χ0n) is 14.7. The highest BCUT2D eigenvalue weighted by atomic mass is 127. The molecule has 0 unspecified atom stereocenters. The molecule has 0 saturated carbocycles. The van der Waals surface area contributed by atoms with Gasteiger partial charge in [0.25, 0.3) is 0 Å². The number of aromatic hydroxyl groups is 1. The molecule has 2 rings (SSSR count). The molecule has 0 saturated heterocycles. The molecule has 2 aromatic carbocycles. The van der Waals surface area contributed by atoms with Crippen LogP contribution < -0.4 is 4.74 Å². The Morgan fingerprint density at radius 2 is 1.92 bits per heavy atom. The molecule has 2 aromatic rings. The second-order valence-corrected chi connectivity index (χ2v) is 9.51. The minimum Gasteiger partial charge on any atom is -0.508 e. The summed E-state index contributed by atoms with van der Waals surface area (Å²) in [6.07, 6.45) is -0.104. The van der Waals surface area contributed by atoms with Gasteiger partial charge in [0.05, 0.1) is 3.57 Å². The average Bonchev–Trinajstić information content (AvgIpc) is 2.54. The van der Waals surface area contributed by atoms with Crippen LogP contribution in [0.4, 0.5) is 0 Å². The highest BCUT2D eigenvalue weighted by Gasteiger charge is 2.19. The second-order valence-electron chi connectivity index (χ2n) is 6.44. The van der Waals surface area contributed by atoms with E-state index in [9.17, 15) is 9.67 Å². The summed E-state index contributed by atoms with van der Waals surface area (Å²) < 4.78 is 17.0. The molecular formula is C18H21ClIO5P. The van der Waals surface area contributed by atoms with Crippen LogP contribution in [0.5, 0.6) is 11.5 Å². The van der Waals surface area contributed by atoms with Crippen molar-refractivity contribution in [2.24, 2.45) is 0 Å². The van der Waals surface area contributed by atoms with Crippen LogP contribution in [0.25, 0.3) is 0 Å². The fourth-order valence-corrected chi connectivity index (χ4v) is 3.87. The third-order valence-electron chi connectivity index (χ3n) is 4.03. The van der Waals surface area contributed by atoms with Crippen molar-refractivity contribution in [2.45, 2.75) is 33.1 Å². The van der Waals surface area contributed by atoms with Gasteiger partial charge in [-0.15, -0.1) is 0 Å². The molecule has 0 aromatic heterocycles. The van der Waals surface area contributed by atoms with Gasteiger partial charge in [0.2, 0.25) is 0 Å². The van der Waals surface area contributed by atoms with E-state index in [1.165, 1.54) is 0 Å². The van der Waals surface area contributed by atoms with Gasteiger partial charge in [0.15, 0.2) is 6.35 Å². The summed E-state index contributed by atoms with van der Waals surface area (Å²) in [6.45, 7) is 5.94. The number of halogens is 2. The number of ether oxygens (including phenoxy) is 1. The Morgan fingerprint density at radius 1 is 1.27 bits per heavy atom. The Labute approximate surface area is 171 Å². The molecule has 0 aliphatic carbocycles. The van der Waals surface area contributed by atoms with Gasteiger partial charge in [-0.1, -0.05) is 37.6 Å². The van der Waals surface area contributed by atoms with Crippen molar-refractivity contribution in [3.05, 3.63) is 55.1 Å². The molecule has 26 heavy (non-hydrogen) atoms. The van der Waals surface area contributed by atoms with E-state index >= 15 is 0 Å². The summed E-state index contributed by atoms with van der Waals surface area (Å²) in [5.74, 6) is 0.839.